The number of ether oxygens (including phenoxy) is 1. The number of fused-ring (bicyclic) bond motifs is 1. The van der Waals surface area contributed by atoms with Crippen LogP contribution in [0.4, 0.5) is 0 Å². The molecule has 8 nitrogen and oxygen atoms in total. The van der Waals surface area contributed by atoms with Gasteiger partial charge in [0.2, 0.25) is 5.89 Å². The molecule has 4 aromatic rings. The van der Waals surface area contributed by atoms with E-state index in [4.69, 9.17) is 9.15 Å². The molecule has 0 radical (unpaired) electrons. The van der Waals surface area contributed by atoms with E-state index in [-0.39, 0.29) is 6.61 Å². The Bertz CT molecular complexity index is 944. The zero-order chi connectivity index (χ0) is 16.4. The van der Waals surface area contributed by atoms with E-state index < -0.39 is 5.97 Å². The van der Waals surface area contributed by atoms with Gasteiger partial charge >= 0.3 is 5.97 Å². The van der Waals surface area contributed by atoms with Crippen LogP contribution in [0.2, 0.25) is 0 Å². The van der Waals surface area contributed by atoms with Crippen molar-refractivity contribution in [2.45, 2.75) is 6.61 Å². The number of esters is 1. The molecule has 0 bridgehead atoms. The number of benzene rings is 2. The second-order valence-electron chi connectivity index (χ2n) is 4.95. The number of carbonyl (C=O) groups is 1. The molecule has 0 aliphatic rings. The van der Waals surface area contributed by atoms with Crippen molar-refractivity contribution in [3.8, 4) is 5.69 Å². The second kappa shape index (κ2) is 5.92. The van der Waals surface area contributed by atoms with Crippen LogP contribution in [0.1, 0.15) is 16.2 Å². The van der Waals surface area contributed by atoms with Crippen LogP contribution in [-0.2, 0) is 11.3 Å². The Labute approximate surface area is 135 Å². The van der Waals surface area contributed by atoms with Gasteiger partial charge in [0, 0.05) is 0 Å². The molecule has 0 amide bonds. The topological polar surface area (TPSA) is 95.9 Å². The van der Waals surface area contributed by atoms with Crippen LogP contribution in [0.5, 0.6) is 0 Å². The average Bonchev–Trinajstić information content (AvgIpc) is 3.29. The summed E-state index contributed by atoms with van der Waals surface area (Å²) in [4.78, 5) is 16.3. The summed E-state index contributed by atoms with van der Waals surface area (Å²) in [6.45, 7) is -0.0255. The van der Waals surface area contributed by atoms with E-state index >= 15 is 0 Å². The van der Waals surface area contributed by atoms with Crippen LogP contribution in [0.25, 0.3) is 16.8 Å². The lowest BCUT2D eigenvalue weighted by Crippen LogP contribution is -2.06. The Morgan fingerprint density at radius 1 is 1.12 bits per heavy atom. The second-order valence-corrected chi connectivity index (χ2v) is 4.95. The van der Waals surface area contributed by atoms with Gasteiger partial charge in [-0.1, -0.05) is 12.1 Å². The molecule has 2 heterocycles. The smallest absolute Gasteiger partial charge is 0.338 e. The molecule has 0 saturated heterocycles. The van der Waals surface area contributed by atoms with Crippen LogP contribution in [0.3, 0.4) is 0 Å². The third kappa shape index (κ3) is 2.72. The molecule has 0 saturated carbocycles. The third-order valence-corrected chi connectivity index (χ3v) is 3.38. The van der Waals surface area contributed by atoms with E-state index in [0.29, 0.717) is 17.0 Å². The summed E-state index contributed by atoms with van der Waals surface area (Å²) in [5.41, 5.74) is 2.56. The van der Waals surface area contributed by atoms with Crippen molar-refractivity contribution in [2.75, 3.05) is 0 Å². The zero-order valence-corrected chi connectivity index (χ0v) is 12.4. The van der Waals surface area contributed by atoms with Gasteiger partial charge in [-0.25, -0.2) is 14.5 Å². The minimum absolute atomic E-state index is 0.0255. The number of oxazole rings is 1. The highest BCUT2D eigenvalue weighted by Gasteiger charge is 2.11. The summed E-state index contributed by atoms with van der Waals surface area (Å²) in [7, 11) is 0. The van der Waals surface area contributed by atoms with Crippen LogP contribution in [0.15, 0.2) is 59.3 Å². The first-order chi connectivity index (χ1) is 11.8. The zero-order valence-electron chi connectivity index (χ0n) is 12.4. The molecule has 24 heavy (non-hydrogen) atoms. The van der Waals surface area contributed by atoms with Gasteiger partial charge in [-0.15, -0.1) is 5.10 Å². The fourth-order valence-electron chi connectivity index (χ4n) is 2.22. The highest BCUT2D eigenvalue weighted by Crippen LogP contribution is 2.16. The van der Waals surface area contributed by atoms with Crippen molar-refractivity contribution in [1.82, 2.24) is 25.2 Å². The molecule has 0 fully saturated rings. The normalized spacial score (nSPS) is 10.8. The van der Waals surface area contributed by atoms with Crippen molar-refractivity contribution < 1.29 is 13.9 Å². The summed E-state index contributed by atoms with van der Waals surface area (Å²) >= 11 is 0. The molecule has 0 spiro atoms. The predicted molar refractivity (Wildman–Crippen MR) is 82.3 cm³/mol. The Morgan fingerprint density at radius 3 is 2.71 bits per heavy atom. The fraction of sp³-hybridized carbons (Fsp3) is 0.0625. The molecule has 2 aromatic carbocycles. The molecule has 0 atom stereocenters. The van der Waals surface area contributed by atoms with Gasteiger partial charge in [-0.3, -0.25) is 0 Å². The molecule has 118 valence electrons. The molecule has 0 aliphatic carbocycles. The number of carbonyl (C=O) groups excluding carboxylic acids is 1. The summed E-state index contributed by atoms with van der Waals surface area (Å²) in [6.07, 6.45) is 1.47. The number of para-hydroxylation sites is 2. The van der Waals surface area contributed by atoms with Crippen LogP contribution in [0, 0.1) is 0 Å². The summed E-state index contributed by atoms with van der Waals surface area (Å²) in [5.74, 6) is -0.101. The number of tetrazole rings is 1. The van der Waals surface area contributed by atoms with Gasteiger partial charge in [0.15, 0.2) is 12.2 Å². The van der Waals surface area contributed by atoms with Gasteiger partial charge < -0.3 is 9.15 Å². The molecule has 8 heteroatoms. The summed E-state index contributed by atoms with van der Waals surface area (Å²) in [5, 5.41) is 10.9. The lowest BCUT2D eigenvalue weighted by molar-refractivity contribution is 0.0440. The summed E-state index contributed by atoms with van der Waals surface area (Å²) < 4.78 is 12.2. The van der Waals surface area contributed by atoms with Crippen molar-refractivity contribution >= 4 is 17.1 Å². The van der Waals surface area contributed by atoms with Gasteiger partial charge in [0.05, 0.1) is 11.3 Å². The lowest BCUT2D eigenvalue weighted by Gasteiger charge is -2.03. The first-order valence-electron chi connectivity index (χ1n) is 7.14. The Balaban J connectivity index is 1.44. The SMILES string of the molecule is O=C(OCc1nc2ccccc2o1)c1ccc(-n2cnnn2)cc1. The first-order valence-corrected chi connectivity index (χ1v) is 7.14. The highest BCUT2D eigenvalue weighted by molar-refractivity contribution is 5.89. The summed E-state index contributed by atoms with van der Waals surface area (Å²) in [6, 6.07) is 14.1. The third-order valence-electron chi connectivity index (χ3n) is 3.38. The minimum atomic E-state index is -0.458. The fourth-order valence-corrected chi connectivity index (χ4v) is 2.22. The predicted octanol–water partition coefficient (Wildman–Crippen LogP) is 2.16. The molecule has 0 aliphatic heterocycles. The Hall–Kier alpha value is -3.55. The van der Waals surface area contributed by atoms with Crippen LogP contribution in [-0.4, -0.2) is 31.2 Å². The van der Waals surface area contributed by atoms with Crippen LogP contribution < -0.4 is 0 Å². The van der Waals surface area contributed by atoms with E-state index in [0.717, 1.165) is 11.2 Å². The van der Waals surface area contributed by atoms with Gasteiger partial charge in [0.1, 0.15) is 11.8 Å². The number of hydrogen-bond donors (Lipinski definition) is 0. The van der Waals surface area contributed by atoms with E-state index in [2.05, 4.69) is 20.5 Å². The number of nitrogens with zero attached hydrogens (tertiary/aromatic N) is 5. The number of aromatic nitrogens is 5. The van der Waals surface area contributed by atoms with Crippen molar-refractivity contribution in [1.29, 1.82) is 0 Å². The number of hydrogen-bond acceptors (Lipinski definition) is 7. The molecular formula is C16H11N5O3. The molecule has 0 unspecified atom stereocenters. The monoisotopic (exact) mass is 321 g/mol. The maximum atomic E-state index is 12.1. The largest absolute Gasteiger partial charge is 0.452 e. The van der Waals surface area contributed by atoms with E-state index in [1.807, 2.05) is 24.3 Å². The minimum Gasteiger partial charge on any atom is -0.452 e. The molecule has 4 rings (SSSR count). The molecule has 0 N–H and O–H groups in total. The maximum Gasteiger partial charge on any atom is 0.338 e. The quantitative estimate of drug-likeness (QED) is 0.531. The van der Waals surface area contributed by atoms with Gasteiger partial charge in [-0.2, -0.15) is 0 Å². The standard InChI is InChI=1S/C16H11N5O3/c22-16(11-5-7-12(8-6-11)21-10-17-19-20-21)23-9-15-18-13-3-1-2-4-14(13)24-15/h1-8,10H,9H2. The van der Waals surface area contributed by atoms with E-state index in [1.165, 1.54) is 11.0 Å². The van der Waals surface area contributed by atoms with Gasteiger partial charge in [0.25, 0.3) is 0 Å². The first kappa shape index (κ1) is 14.1. The Kier molecular flexibility index (Phi) is 3.47. The van der Waals surface area contributed by atoms with Gasteiger partial charge in [-0.05, 0) is 46.8 Å². The highest BCUT2D eigenvalue weighted by atomic mass is 16.5. The van der Waals surface area contributed by atoms with Crippen molar-refractivity contribution in [3.05, 3.63) is 66.3 Å². The van der Waals surface area contributed by atoms with Crippen LogP contribution >= 0.6 is 0 Å². The molecular weight excluding hydrogens is 310 g/mol. The average molecular weight is 321 g/mol. The van der Waals surface area contributed by atoms with Crippen molar-refractivity contribution in [3.63, 3.8) is 0 Å². The number of rotatable bonds is 4. The van der Waals surface area contributed by atoms with Crippen molar-refractivity contribution in [2.24, 2.45) is 0 Å². The maximum absolute atomic E-state index is 12.1. The Morgan fingerprint density at radius 2 is 1.96 bits per heavy atom. The molecule has 2 aromatic heterocycles. The van der Waals surface area contributed by atoms with E-state index in [1.54, 1.807) is 24.3 Å². The lowest BCUT2D eigenvalue weighted by atomic mass is 10.2. The van der Waals surface area contributed by atoms with E-state index in [9.17, 15) is 4.79 Å².